The van der Waals surface area contributed by atoms with Crippen molar-refractivity contribution in [3.63, 3.8) is 0 Å². The molecule has 0 aliphatic heterocycles. The highest BCUT2D eigenvalue weighted by molar-refractivity contribution is 5.76. The van der Waals surface area contributed by atoms with Gasteiger partial charge in [-0.25, -0.2) is 9.59 Å². The maximum Gasteiger partial charge on any atom is 0.347 e. The van der Waals surface area contributed by atoms with E-state index < -0.39 is 11.6 Å². The molecule has 0 bridgehead atoms. The molecule has 4 aromatic rings. The standard InChI is InChI=1S/C29H30N2O6/c1-29(2,27(33)34)37-24-15-13-21(14-16-24)17-18-36-26-25(32)30(19-22-9-5-3-6-10-22)28(35)31(26)20-23-11-7-4-8-12-23/h3-16,32H,17-20H2,1-2H3,(H,33,34). The minimum Gasteiger partial charge on any atom is -0.491 e. The van der Waals surface area contributed by atoms with Gasteiger partial charge in [-0.15, -0.1) is 0 Å². The summed E-state index contributed by atoms with van der Waals surface area (Å²) >= 11 is 0. The Morgan fingerprint density at radius 2 is 1.35 bits per heavy atom. The first-order chi connectivity index (χ1) is 17.7. The van der Waals surface area contributed by atoms with Crippen LogP contribution in [0.15, 0.2) is 89.7 Å². The van der Waals surface area contributed by atoms with Crippen molar-refractivity contribution in [2.24, 2.45) is 0 Å². The van der Waals surface area contributed by atoms with E-state index in [1.165, 1.54) is 23.0 Å². The molecule has 8 nitrogen and oxygen atoms in total. The number of carboxylic acids is 1. The van der Waals surface area contributed by atoms with E-state index in [2.05, 4.69) is 0 Å². The molecule has 0 atom stereocenters. The number of rotatable bonds is 11. The predicted molar refractivity (Wildman–Crippen MR) is 139 cm³/mol. The van der Waals surface area contributed by atoms with E-state index in [9.17, 15) is 19.8 Å². The zero-order valence-electron chi connectivity index (χ0n) is 20.8. The summed E-state index contributed by atoms with van der Waals surface area (Å²) in [5, 5.41) is 20.2. The maximum atomic E-state index is 13.3. The number of aromatic nitrogens is 2. The van der Waals surface area contributed by atoms with Crippen LogP contribution in [0.5, 0.6) is 17.5 Å². The van der Waals surface area contributed by atoms with Gasteiger partial charge in [-0.05, 0) is 42.7 Å². The van der Waals surface area contributed by atoms with Crippen molar-refractivity contribution in [3.05, 3.63) is 112 Å². The SMILES string of the molecule is CC(C)(Oc1ccc(CCOc2c(O)n(Cc3ccccc3)c(=O)n2Cc2ccccc2)cc1)C(=O)O. The molecular formula is C29H30N2O6. The van der Waals surface area contributed by atoms with Gasteiger partial charge in [0.1, 0.15) is 5.75 Å². The average molecular weight is 503 g/mol. The Morgan fingerprint density at radius 3 is 1.89 bits per heavy atom. The molecule has 0 spiro atoms. The van der Waals surface area contributed by atoms with Gasteiger partial charge < -0.3 is 19.7 Å². The van der Waals surface area contributed by atoms with Crippen LogP contribution in [0.3, 0.4) is 0 Å². The second-order valence-electron chi connectivity index (χ2n) is 9.21. The third-order valence-electron chi connectivity index (χ3n) is 5.96. The summed E-state index contributed by atoms with van der Waals surface area (Å²) in [5.74, 6) is -0.702. The first kappa shape index (κ1) is 25.6. The van der Waals surface area contributed by atoms with Crippen LogP contribution in [0, 0.1) is 0 Å². The fourth-order valence-corrected chi connectivity index (χ4v) is 3.84. The van der Waals surface area contributed by atoms with Crippen molar-refractivity contribution < 1.29 is 24.5 Å². The molecule has 0 fully saturated rings. The minimum atomic E-state index is -1.34. The molecule has 0 aliphatic carbocycles. The Hall–Kier alpha value is -4.46. The van der Waals surface area contributed by atoms with Crippen molar-refractivity contribution in [2.45, 2.75) is 39.0 Å². The number of aliphatic carboxylic acids is 1. The van der Waals surface area contributed by atoms with Crippen molar-refractivity contribution in [3.8, 4) is 17.5 Å². The lowest BCUT2D eigenvalue weighted by molar-refractivity contribution is -0.152. The molecule has 0 unspecified atom stereocenters. The molecule has 192 valence electrons. The third-order valence-corrected chi connectivity index (χ3v) is 5.96. The lowest BCUT2D eigenvalue weighted by atomic mass is 10.1. The monoisotopic (exact) mass is 502 g/mol. The number of imidazole rings is 1. The number of carboxylic acid groups (broad SMARTS) is 1. The number of carbonyl (C=O) groups is 1. The van der Waals surface area contributed by atoms with Crippen LogP contribution in [0.25, 0.3) is 0 Å². The van der Waals surface area contributed by atoms with E-state index in [0.29, 0.717) is 12.2 Å². The molecule has 1 aromatic heterocycles. The lowest BCUT2D eigenvalue weighted by Gasteiger charge is -2.21. The summed E-state index contributed by atoms with van der Waals surface area (Å²) in [6.45, 7) is 3.68. The van der Waals surface area contributed by atoms with E-state index >= 15 is 0 Å². The summed E-state index contributed by atoms with van der Waals surface area (Å²) in [4.78, 5) is 24.6. The minimum absolute atomic E-state index is 0.118. The average Bonchev–Trinajstić information content (AvgIpc) is 3.10. The molecule has 8 heteroatoms. The first-order valence-electron chi connectivity index (χ1n) is 12.0. The van der Waals surface area contributed by atoms with Crippen molar-refractivity contribution in [1.29, 1.82) is 0 Å². The van der Waals surface area contributed by atoms with Crippen molar-refractivity contribution in [2.75, 3.05) is 6.61 Å². The van der Waals surface area contributed by atoms with Crippen LogP contribution in [0.1, 0.15) is 30.5 Å². The van der Waals surface area contributed by atoms with Gasteiger partial charge >= 0.3 is 11.7 Å². The van der Waals surface area contributed by atoms with Gasteiger partial charge in [-0.1, -0.05) is 72.8 Å². The van der Waals surface area contributed by atoms with Gasteiger partial charge in [-0.2, -0.15) is 0 Å². The maximum absolute atomic E-state index is 13.3. The molecule has 2 N–H and O–H groups in total. The third kappa shape index (κ3) is 6.22. The largest absolute Gasteiger partial charge is 0.491 e. The van der Waals surface area contributed by atoms with Crippen molar-refractivity contribution in [1.82, 2.24) is 9.13 Å². The topological polar surface area (TPSA) is 103 Å². The normalized spacial score (nSPS) is 11.3. The summed E-state index contributed by atoms with van der Waals surface area (Å²) in [6.07, 6.45) is 0.505. The Balaban J connectivity index is 1.51. The molecule has 0 aliphatic rings. The highest BCUT2D eigenvalue weighted by Crippen LogP contribution is 2.27. The number of aromatic hydroxyl groups is 1. The van der Waals surface area contributed by atoms with Gasteiger partial charge in [-0.3, -0.25) is 9.13 Å². The zero-order valence-corrected chi connectivity index (χ0v) is 20.8. The van der Waals surface area contributed by atoms with Gasteiger partial charge in [0, 0.05) is 6.42 Å². The summed E-state index contributed by atoms with van der Waals surface area (Å²) in [5.41, 5.74) is 1.03. The first-order valence-corrected chi connectivity index (χ1v) is 12.0. The predicted octanol–water partition coefficient (Wildman–Crippen LogP) is 4.32. The molecule has 1 heterocycles. The number of nitrogens with zero attached hydrogens (tertiary/aromatic N) is 2. The lowest BCUT2D eigenvalue weighted by Crippen LogP contribution is -2.37. The Morgan fingerprint density at radius 1 is 0.811 bits per heavy atom. The smallest absolute Gasteiger partial charge is 0.347 e. The molecule has 37 heavy (non-hydrogen) atoms. The second kappa shape index (κ2) is 11.1. The number of ether oxygens (including phenoxy) is 2. The van der Waals surface area contributed by atoms with Gasteiger partial charge in [0.05, 0.1) is 19.7 Å². The van der Waals surface area contributed by atoms with Gasteiger partial charge in [0.15, 0.2) is 5.60 Å². The molecule has 4 rings (SSSR count). The van der Waals surface area contributed by atoms with E-state index in [-0.39, 0.29) is 37.1 Å². The van der Waals surface area contributed by atoms with E-state index in [1.54, 1.807) is 12.1 Å². The van der Waals surface area contributed by atoms with Crippen LogP contribution in [0.2, 0.25) is 0 Å². The van der Waals surface area contributed by atoms with E-state index in [0.717, 1.165) is 16.7 Å². The van der Waals surface area contributed by atoms with Gasteiger partial charge in [0.2, 0.25) is 0 Å². The van der Waals surface area contributed by atoms with Crippen molar-refractivity contribution >= 4 is 5.97 Å². The Kier molecular flexibility index (Phi) is 7.67. The molecule has 0 amide bonds. The Bertz CT molecular complexity index is 1390. The van der Waals surface area contributed by atoms with Gasteiger partial charge in [0.25, 0.3) is 11.8 Å². The summed E-state index contributed by atoms with van der Waals surface area (Å²) in [7, 11) is 0. The molecule has 0 saturated carbocycles. The number of hydrogen-bond acceptors (Lipinski definition) is 5. The zero-order chi connectivity index (χ0) is 26.4. The fourth-order valence-electron chi connectivity index (χ4n) is 3.84. The van der Waals surface area contributed by atoms with Crippen LogP contribution in [0.4, 0.5) is 0 Å². The number of benzene rings is 3. The molecule has 0 saturated heterocycles. The molecule has 3 aromatic carbocycles. The van der Waals surface area contributed by atoms with E-state index in [1.807, 2.05) is 72.8 Å². The summed E-state index contributed by atoms with van der Waals surface area (Å²) in [6, 6.07) is 26.0. The molecule has 0 radical (unpaired) electrons. The van der Waals surface area contributed by atoms with Crippen LogP contribution in [-0.4, -0.2) is 37.5 Å². The fraction of sp³-hybridized carbons (Fsp3) is 0.241. The van der Waals surface area contributed by atoms with Crippen LogP contribution >= 0.6 is 0 Å². The Labute approximate surface area is 215 Å². The summed E-state index contributed by atoms with van der Waals surface area (Å²) < 4.78 is 14.3. The second-order valence-corrected chi connectivity index (χ2v) is 9.21. The highest BCUT2D eigenvalue weighted by atomic mass is 16.5. The quantitative estimate of drug-likeness (QED) is 0.317. The molecular weight excluding hydrogens is 472 g/mol. The number of hydrogen-bond donors (Lipinski definition) is 2. The van der Waals surface area contributed by atoms with E-state index in [4.69, 9.17) is 9.47 Å². The van der Waals surface area contributed by atoms with Crippen LogP contribution in [-0.2, 0) is 24.3 Å². The highest BCUT2D eigenvalue weighted by Gasteiger charge is 2.29. The van der Waals surface area contributed by atoms with Crippen LogP contribution < -0.4 is 15.2 Å².